The molecule has 0 aliphatic carbocycles. The van der Waals surface area contributed by atoms with Gasteiger partial charge in [-0.1, -0.05) is 0 Å². The normalized spacial score (nSPS) is 36.0. The molecule has 82 valence electrons. The second-order valence-corrected chi connectivity index (χ2v) is 6.62. The highest BCUT2D eigenvalue weighted by Crippen LogP contribution is 2.45. The van der Waals surface area contributed by atoms with Gasteiger partial charge in [-0.3, -0.25) is 0 Å². The summed E-state index contributed by atoms with van der Waals surface area (Å²) in [4.78, 5) is 0. The van der Waals surface area contributed by atoms with E-state index in [9.17, 15) is 0 Å². The smallest absolute Gasteiger partial charge is 0.160 e. The maximum Gasteiger partial charge on any atom is 0.160 e. The molecule has 2 rings (SSSR count). The van der Waals surface area contributed by atoms with Gasteiger partial charge in [-0.25, -0.2) is 0 Å². The Hall–Kier alpha value is 0.620. The molecule has 1 spiro atoms. The summed E-state index contributed by atoms with van der Waals surface area (Å²) in [5, 5.41) is 0. The Morgan fingerprint density at radius 1 is 0.857 bits per heavy atom. The molecule has 0 amide bonds. The van der Waals surface area contributed by atoms with E-state index in [1.807, 2.05) is 23.5 Å². The maximum absolute atomic E-state index is 5.97. The number of rotatable bonds is 0. The average molecular weight is 234 g/mol. The number of ether oxygens (including phenoxy) is 2. The molecule has 2 heterocycles. The van der Waals surface area contributed by atoms with E-state index in [0.29, 0.717) is 0 Å². The lowest BCUT2D eigenvalue weighted by molar-refractivity contribution is 0.0661. The topological polar surface area (TPSA) is 18.5 Å². The predicted molar refractivity (Wildman–Crippen MR) is 62.9 cm³/mol. The zero-order chi connectivity index (χ0) is 9.69. The van der Waals surface area contributed by atoms with E-state index in [1.54, 1.807) is 0 Å². The van der Waals surface area contributed by atoms with Crippen LogP contribution in [0.25, 0.3) is 0 Å². The van der Waals surface area contributed by atoms with Crippen molar-refractivity contribution in [2.24, 2.45) is 0 Å². The van der Waals surface area contributed by atoms with Crippen LogP contribution in [0.1, 0.15) is 25.7 Å². The van der Waals surface area contributed by atoms with Gasteiger partial charge in [0.05, 0.1) is 6.61 Å². The lowest BCUT2D eigenvalue weighted by Gasteiger charge is -2.35. The summed E-state index contributed by atoms with van der Waals surface area (Å²) >= 11 is 4.00. The van der Waals surface area contributed by atoms with Gasteiger partial charge in [-0.2, -0.15) is 0 Å². The largest absolute Gasteiger partial charge is 0.381 e. The van der Waals surface area contributed by atoms with Crippen LogP contribution >= 0.6 is 23.5 Å². The van der Waals surface area contributed by atoms with Gasteiger partial charge < -0.3 is 9.47 Å². The predicted octanol–water partition coefficient (Wildman–Crippen LogP) is 2.73. The lowest BCUT2D eigenvalue weighted by atomic mass is 10.3. The third-order valence-corrected chi connectivity index (χ3v) is 5.68. The van der Waals surface area contributed by atoms with Gasteiger partial charge in [0.1, 0.15) is 0 Å². The first-order chi connectivity index (χ1) is 6.91. The van der Waals surface area contributed by atoms with Crippen LogP contribution in [0.4, 0.5) is 0 Å². The second kappa shape index (κ2) is 5.64. The van der Waals surface area contributed by atoms with Crippen LogP contribution in [-0.2, 0) is 9.47 Å². The van der Waals surface area contributed by atoms with E-state index in [1.165, 1.54) is 17.9 Å². The van der Waals surface area contributed by atoms with Crippen LogP contribution < -0.4 is 0 Å². The maximum atomic E-state index is 5.97. The van der Waals surface area contributed by atoms with Crippen molar-refractivity contribution in [3.05, 3.63) is 0 Å². The van der Waals surface area contributed by atoms with Crippen molar-refractivity contribution in [3.8, 4) is 0 Å². The van der Waals surface area contributed by atoms with Gasteiger partial charge in [0.15, 0.2) is 4.27 Å². The molecule has 2 saturated heterocycles. The summed E-state index contributed by atoms with van der Waals surface area (Å²) in [5.74, 6) is 2.43. The third kappa shape index (κ3) is 3.05. The summed E-state index contributed by atoms with van der Waals surface area (Å²) < 4.78 is 11.6. The van der Waals surface area contributed by atoms with Crippen LogP contribution in [-0.4, -0.2) is 35.6 Å². The van der Waals surface area contributed by atoms with Crippen molar-refractivity contribution in [2.45, 2.75) is 29.9 Å². The molecule has 0 aromatic heterocycles. The monoisotopic (exact) mass is 234 g/mol. The van der Waals surface area contributed by atoms with E-state index in [2.05, 4.69) is 0 Å². The minimum Gasteiger partial charge on any atom is -0.381 e. The molecule has 2 aliphatic heterocycles. The number of hydrogen-bond donors (Lipinski definition) is 0. The third-order valence-electron chi connectivity index (χ3n) is 2.46. The standard InChI is InChI=1S/C10H18O2S2/c1-4-10(12-7-3-9-14-10)13-8-2-6-11-5-1/h1-9H2. The molecular weight excluding hydrogens is 216 g/mol. The summed E-state index contributed by atoms with van der Waals surface area (Å²) in [6.07, 6.45) is 4.65. The molecule has 2 aliphatic rings. The number of thioether (sulfide) groups is 2. The van der Waals surface area contributed by atoms with Crippen molar-refractivity contribution < 1.29 is 9.47 Å². The highest BCUT2D eigenvalue weighted by Gasteiger charge is 2.34. The Labute approximate surface area is 94.5 Å². The van der Waals surface area contributed by atoms with Crippen LogP contribution in [0.3, 0.4) is 0 Å². The van der Waals surface area contributed by atoms with Crippen LogP contribution in [0.15, 0.2) is 0 Å². The molecule has 0 radical (unpaired) electrons. The van der Waals surface area contributed by atoms with E-state index in [0.717, 1.165) is 39.1 Å². The van der Waals surface area contributed by atoms with Crippen molar-refractivity contribution in [1.82, 2.24) is 0 Å². The summed E-state index contributed by atoms with van der Waals surface area (Å²) in [6.45, 7) is 2.78. The Bertz CT molecular complexity index is 158. The molecule has 2 nitrogen and oxygen atoms in total. The van der Waals surface area contributed by atoms with Gasteiger partial charge >= 0.3 is 0 Å². The minimum atomic E-state index is 0.0753. The van der Waals surface area contributed by atoms with Crippen molar-refractivity contribution in [2.75, 3.05) is 31.3 Å². The van der Waals surface area contributed by atoms with Gasteiger partial charge in [0.25, 0.3) is 0 Å². The van der Waals surface area contributed by atoms with Crippen molar-refractivity contribution in [3.63, 3.8) is 0 Å². The van der Waals surface area contributed by atoms with Gasteiger partial charge in [0, 0.05) is 13.2 Å². The second-order valence-electron chi connectivity index (χ2n) is 3.65. The Balaban J connectivity index is 1.91. The average Bonchev–Trinajstić information content (AvgIpc) is 2.33. The van der Waals surface area contributed by atoms with Crippen LogP contribution in [0.2, 0.25) is 0 Å². The molecule has 0 bridgehead atoms. The van der Waals surface area contributed by atoms with E-state index < -0.39 is 0 Å². The quantitative estimate of drug-likeness (QED) is 0.641. The highest BCUT2D eigenvalue weighted by molar-refractivity contribution is 8.18. The Kier molecular flexibility index (Phi) is 4.47. The van der Waals surface area contributed by atoms with Gasteiger partial charge in [-0.15, -0.1) is 23.5 Å². The molecular formula is C10H18O2S2. The first kappa shape index (κ1) is 11.1. The molecule has 1 unspecified atom stereocenters. The van der Waals surface area contributed by atoms with E-state index >= 15 is 0 Å². The molecule has 0 saturated carbocycles. The highest BCUT2D eigenvalue weighted by atomic mass is 32.2. The molecule has 0 N–H and O–H groups in total. The lowest BCUT2D eigenvalue weighted by Crippen LogP contribution is -2.30. The number of hydrogen-bond acceptors (Lipinski definition) is 4. The van der Waals surface area contributed by atoms with Crippen LogP contribution in [0.5, 0.6) is 0 Å². The van der Waals surface area contributed by atoms with Gasteiger partial charge in [0.2, 0.25) is 0 Å². The van der Waals surface area contributed by atoms with Gasteiger partial charge in [-0.05, 0) is 37.2 Å². The first-order valence-corrected chi connectivity index (χ1v) is 7.38. The molecule has 4 heteroatoms. The fourth-order valence-electron chi connectivity index (χ4n) is 1.74. The minimum absolute atomic E-state index is 0.0753. The molecule has 0 aromatic rings. The molecule has 14 heavy (non-hydrogen) atoms. The Morgan fingerprint density at radius 3 is 2.36 bits per heavy atom. The Morgan fingerprint density at radius 2 is 1.57 bits per heavy atom. The SMILES string of the molecule is C1COCCCC2(OCCCS2)SC1. The van der Waals surface area contributed by atoms with Crippen molar-refractivity contribution >= 4 is 23.5 Å². The zero-order valence-electron chi connectivity index (χ0n) is 8.50. The molecule has 1 atom stereocenters. The fraction of sp³-hybridized carbons (Fsp3) is 1.00. The molecule has 2 fully saturated rings. The van der Waals surface area contributed by atoms with Crippen LogP contribution in [0, 0.1) is 0 Å². The summed E-state index contributed by atoms with van der Waals surface area (Å²) in [6, 6.07) is 0. The van der Waals surface area contributed by atoms with E-state index in [-0.39, 0.29) is 4.27 Å². The molecule has 0 aromatic carbocycles. The zero-order valence-corrected chi connectivity index (χ0v) is 10.1. The summed E-state index contributed by atoms with van der Waals surface area (Å²) in [7, 11) is 0. The summed E-state index contributed by atoms with van der Waals surface area (Å²) in [5.41, 5.74) is 0. The van der Waals surface area contributed by atoms with E-state index in [4.69, 9.17) is 9.47 Å². The first-order valence-electron chi connectivity index (χ1n) is 5.41. The fourth-order valence-corrected chi connectivity index (χ4v) is 4.63. The van der Waals surface area contributed by atoms with Crippen molar-refractivity contribution in [1.29, 1.82) is 0 Å².